The topological polar surface area (TPSA) is 59.8 Å². The van der Waals surface area contributed by atoms with Crippen molar-refractivity contribution in [3.63, 3.8) is 0 Å². The van der Waals surface area contributed by atoms with Crippen LogP contribution in [0, 0.1) is 5.82 Å². The molecule has 0 saturated heterocycles. The van der Waals surface area contributed by atoms with Crippen LogP contribution in [0.4, 0.5) is 4.39 Å². The van der Waals surface area contributed by atoms with Crippen molar-refractivity contribution in [3.05, 3.63) is 89.0 Å². The predicted octanol–water partition coefficient (Wildman–Crippen LogP) is 4.64. The molecule has 1 amide bonds. The molecule has 0 aliphatic carbocycles. The predicted molar refractivity (Wildman–Crippen MR) is 108 cm³/mol. The molecule has 1 aliphatic rings. The van der Waals surface area contributed by atoms with Crippen LogP contribution in [0.1, 0.15) is 15.9 Å². The second-order valence-corrected chi connectivity index (χ2v) is 7.15. The number of nitrogens with zero attached hydrogens (tertiary/aromatic N) is 3. The maximum Gasteiger partial charge on any atom is 0.251 e. The summed E-state index contributed by atoms with van der Waals surface area (Å²) in [6, 6.07) is 15.5. The molecule has 29 heavy (non-hydrogen) atoms. The van der Waals surface area contributed by atoms with E-state index in [0.717, 1.165) is 16.8 Å². The molecule has 0 atom stereocenters. The number of benzene rings is 2. The Hall–Kier alpha value is -3.51. The molecule has 0 bridgehead atoms. The van der Waals surface area contributed by atoms with E-state index in [-0.39, 0.29) is 5.91 Å². The molecule has 2 aromatic carbocycles. The fourth-order valence-electron chi connectivity index (χ4n) is 3.59. The molecule has 4 aromatic rings. The highest BCUT2D eigenvalue weighted by Crippen LogP contribution is 2.34. The Morgan fingerprint density at radius 1 is 1.07 bits per heavy atom. The van der Waals surface area contributed by atoms with Gasteiger partial charge in [0, 0.05) is 34.5 Å². The van der Waals surface area contributed by atoms with Gasteiger partial charge < -0.3 is 5.32 Å². The Bertz CT molecular complexity index is 1230. The number of carbonyl (C=O) groups is 1. The van der Waals surface area contributed by atoms with Crippen molar-refractivity contribution in [1.29, 1.82) is 0 Å². The van der Waals surface area contributed by atoms with E-state index in [1.165, 1.54) is 12.1 Å². The summed E-state index contributed by atoms with van der Waals surface area (Å²) in [5.74, 6) is -0.519. The molecule has 0 fully saturated rings. The third kappa shape index (κ3) is 3.07. The SMILES string of the molecule is O=C1NCc2c1cccc2-c1cc(-c2cc(F)cc(Cl)c2)n(-c2cccnc2)n1. The lowest BCUT2D eigenvalue weighted by Gasteiger charge is -2.07. The van der Waals surface area contributed by atoms with E-state index in [9.17, 15) is 9.18 Å². The van der Waals surface area contributed by atoms with Crippen LogP contribution in [0.2, 0.25) is 5.02 Å². The van der Waals surface area contributed by atoms with Crippen molar-refractivity contribution in [2.75, 3.05) is 0 Å². The van der Waals surface area contributed by atoms with Gasteiger partial charge in [0.2, 0.25) is 0 Å². The smallest absolute Gasteiger partial charge is 0.251 e. The summed E-state index contributed by atoms with van der Waals surface area (Å²) >= 11 is 6.09. The van der Waals surface area contributed by atoms with Gasteiger partial charge in [-0.15, -0.1) is 0 Å². The number of rotatable bonds is 3. The lowest BCUT2D eigenvalue weighted by atomic mass is 10.00. The standard InChI is InChI=1S/C22H14ClFN4O/c23-14-7-13(8-15(24)9-14)21-10-20(27-28(21)16-3-2-6-25-11-16)17-4-1-5-18-19(17)12-26-22(18)29/h1-11H,12H2,(H,26,29). The third-order valence-corrected chi connectivity index (χ3v) is 5.10. The Morgan fingerprint density at radius 2 is 1.93 bits per heavy atom. The molecule has 0 unspecified atom stereocenters. The first kappa shape index (κ1) is 17.6. The summed E-state index contributed by atoms with van der Waals surface area (Å²) in [5.41, 5.74) is 5.08. The van der Waals surface area contributed by atoms with Gasteiger partial charge >= 0.3 is 0 Å². The van der Waals surface area contributed by atoms with E-state index in [1.54, 1.807) is 29.2 Å². The van der Waals surface area contributed by atoms with Crippen LogP contribution in [-0.2, 0) is 6.54 Å². The Kier molecular flexibility index (Phi) is 4.14. The highest BCUT2D eigenvalue weighted by Gasteiger charge is 2.24. The Morgan fingerprint density at radius 3 is 2.72 bits per heavy atom. The average molecular weight is 405 g/mol. The molecule has 7 heteroatoms. The quantitative estimate of drug-likeness (QED) is 0.541. The Labute approximate surface area is 170 Å². The van der Waals surface area contributed by atoms with Crippen molar-refractivity contribution in [3.8, 4) is 28.2 Å². The van der Waals surface area contributed by atoms with Crippen LogP contribution in [0.3, 0.4) is 0 Å². The highest BCUT2D eigenvalue weighted by atomic mass is 35.5. The maximum atomic E-state index is 14.0. The molecule has 1 aliphatic heterocycles. The van der Waals surface area contributed by atoms with Crippen molar-refractivity contribution in [2.45, 2.75) is 6.54 Å². The van der Waals surface area contributed by atoms with Crippen molar-refractivity contribution in [1.82, 2.24) is 20.1 Å². The first-order valence-corrected chi connectivity index (χ1v) is 9.35. The molecule has 0 radical (unpaired) electrons. The minimum absolute atomic E-state index is 0.0920. The van der Waals surface area contributed by atoms with Crippen molar-refractivity contribution in [2.24, 2.45) is 0 Å². The fourth-order valence-corrected chi connectivity index (χ4v) is 3.81. The van der Waals surface area contributed by atoms with Crippen molar-refractivity contribution < 1.29 is 9.18 Å². The first-order valence-electron chi connectivity index (χ1n) is 8.97. The van der Waals surface area contributed by atoms with Gasteiger partial charge in [-0.1, -0.05) is 23.7 Å². The molecule has 1 N–H and O–H groups in total. The lowest BCUT2D eigenvalue weighted by molar-refractivity contribution is 0.0965. The second-order valence-electron chi connectivity index (χ2n) is 6.71. The molecule has 0 spiro atoms. The number of carbonyl (C=O) groups excluding carboxylic acids is 1. The number of fused-ring (bicyclic) bond motifs is 1. The molecule has 142 valence electrons. The van der Waals surface area contributed by atoms with E-state index in [2.05, 4.69) is 10.3 Å². The van der Waals surface area contributed by atoms with Gasteiger partial charge in [0.1, 0.15) is 5.82 Å². The molecule has 5 rings (SSSR count). The van der Waals surface area contributed by atoms with Gasteiger partial charge in [0.05, 0.1) is 23.3 Å². The summed E-state index contributed by atoms with van der Waals surface area (Å²) in [6.07, 6.45) is 3.36. The van der Waals surface area contributed by atoms with Crippen LogP contribution >= 0.6 is 11.6 Å². The molecular formula is C22H14ClFN4O. The van der Waals surface area contributed by atoms with Gasteiger partial charge in [0.15, 0.2) is 0 Å². The minimum atomic E-state index is -0.427. The van der Waals surface area contributed by atoms with Crippen LogP contribution in [0.25, 0.3) is 28.2 Å². The summed E-state index contributed by atoms with van der Waals surface area (Å²) in [5, 5.41) is 7.91. The number of pyridine rings is 1. The number of hydrogen-bond donors (Lipinski definition) is 1. The number of halogens is 2. The summed E-state index contributed by atoms with van der Waals surface area (Å²) in [6.45, 7) is 0.450. The molecule has 5 nitrogen and oxygen atoms in total. The largest absolute Gasteiger partial charge is 0.348 e. The first-order chi connectivity index (χ1) is 14.1. The zero-order valence-electron chi connectivity index (χ0n) is 15.1. The van der Waals surface area contributed by atoms with Crippen LogP contribution < -0.4 is 5.32 Å². The fraction of sp³-hybridized carbons (Fsp3) is 0.0455. The number of aromatic nitrogens is 3. The van der Waals surface area contributed by atoms with Crippen molar-refractivity contribution >= 4 is 17.5 Å². The zero-order valence-corrected chi connectivity index (χ0v) is 15.8. The van der Waals surface area contributed by atoms with Crippen LogP contribution in [0.5, 0.6) is 0 Å². The van der Waals surface area contributed by atoms with E-state index in [4.69, 9.17) is 16.7 Å². The molecule has 3 heterocycles. The molecule has 0 saturated carbocycles. The highest BCUT2D eigenvalue weighted by molar-refractivity contribution is 6.30. The van der Waals surface area contributed by atoms with Gasteiger partial charge in [-0.25, -0.2) is 9.07 Å². The number of nitrogens with one attached hydrogen (secondary N) is 1. The van der Waals surface area contributed by atoms with Gasteiger partial charge in [0.25, 0.3) is 5.91 Å². The molecular weight excluding hydrogens is 391 g/mol. The van der Waals surface area contributed by atoms with E-state index >= 15 is 0 Å². The Balaban J connectivity index is 1.74. The van der Waals surface area contributed by atoms with E-state index in [1.807, 2.05) is 30.3 Å². The van der Waals surface area contributed by atoms with Gasteiger partial charge in [-0.3, -0.25) is 9.78 Å². The normalized spacial score (nSPS) is 12.7. The number of hydrogen-bond acceptors (Lipinski definition) is 3. The maximum absolute atomic E-state index is 14.0. The molecule has 2 aromatic heterocycles. The summed E-state index contributed by atoms with van der Waals surface area (Å²) < 4.78 is 15.7. The average Bonchev–Trinajstić information content (AvgIpc) is 3.32. The zero-order chi connectivity index (χ0) is 20.0. The van der Waals surface area contributed by atoms with Gasteiger partial charge in [-0.05, 0) is 48.0 Å². The summed E-state index contributed by atoms with van der Waals surface area (Å²) in [7, 11) is 0. The lowest BCUT2D eigenvalue weighted by Crippen LogP contribution is -2.12. The summed E-state index contributed by atoms with van der Waals surface area (Å²) in [4.78, 5) is 16.2. The van der Waals surface area contributed by atoms with Crippen LogP contribution in [0.15, 0.2) is 67.0 Å². The van der Waals surface area contributed by atoms with E-state index < -0.39 is 5.82 Å². The minimum Gasteiger partial charge on any atom is -0.348 e. The van der Waals surface area contributed by atoms with Crippen LogP contribution in [-0.4, -0.2) is 20.7 Å². The monoisotopic (exact) mass is 404 g/mol. The van der Waals surface area contributed by atoms with E-state index in [0.29, 0.717) is 34.1 Å². The second kappa shape index (κ2) is 6.83. The van der Waals surface area contributed by atoms with Gasteiger partial charge in [-0.2, -0.15) is 5.10 Å². The number of amides is 1. The third-order valence-electron chi connectivity index (χ3n) is 4.88.